The fourth-order valence-corrected chi connectivity index (χ4v) is 3.85. The Morgan fingerprint density at radius 2 is 1.91 bits per heavy atom. The minimum absolute atomic E-state index is 0.138. The molecule has 0 aliphatic carbocycles. The average Bonchev–Trinajstić information content (AvgIpc) is 3.30. The highest BCUT2D eigenvalue weighted by Gasteiger charge is 2.21. The largest absolute Gasteiger partial charge is 0.462 e. The number of hydrogen-bond donors (Lipinski definition) is 1. The summed E-state index contributed by atoms with van der Waals surface area (Å²) in [5, 5.41) is 7.37. The maximum atomic E-state index is 12.2. The van der Waals surface area contributed by atoms with E-state index < -0.39 is 0 Å². The molecule has 1 N–H and O–H groups in total. The zero-order valence-corrected chi connectivity index (χ0v) is 18.0. The highest BCUT2D eigenvalue weighted by molar-refractivity contribution is 5.94. The number of fused-ring (bicyclic) bond motifs is 1. The highest BCUT2D eigenvalue weighted by atomic mass is 16.5. The molecule has 0 bridgehead atoms. The van der Waals surface area contributed by atoms with Gasteiger partial charge in [-0.25, -0.2) is 14.8 Å². The van der Waals surface area contributed by atoms with E-state index in [1.807, 2.05) is 42.5 Å². The van der Waals surface area contributed by atoms with Crippen LogP contribution in [0.25, 0.3) is 33.9 Å². The monoisotopic (exact) mass is 439 g/mol. The average molecular weight is 439 g/mol. The maximum Gasteiger partial charge on any atom is 0.338 e. The van der Waals surface area contributed by atoms with E-state index in [-0.39, 0.29) is 11.9 Å². The van der Waals surface area contributed by atoms with Gasteiger partial charge in [0.25, 0.3) is 5.91 Å². The Labute approximate surface area is 190 Å². The number of benzene rings is 2. The topological polar surface area (TPSA) is 99.0 Å². The Balaban J connectivity index is 1.54. The lowest BCUT2D eigenvalue weighted by Crippen LogP contribution is -2.35. The van der Waals surface area contributed by atoms with Crippen molar-refractivity contribution >= 4 is 11.9 Å². The number of nitrogens with one attached hydrogen (secondary N) is 1. The van der Waals surface area contributed by atoms with Crippen molar-refractivity contribution in [3.8, 4) is 33.9 Å². The van der Waals surface area contributed by atoms with Gasteiger partial charge in [-0.3, -0.25) is 9.48 Å². The first-order chi connectivity index (χ1) is 16.1. The van der Waals surface area contributed by atoms with Gasteiger partial charge < -0.3 is 10.1 Å². The molecule has 0 radical (unpaired) electrons. The summed E-state index contributed by atoms with van der Waals surface area (Å²) in [6.45, 7) is 3.28. The van der Waals surface area contributed by atoms with Crippen LogP contribution in [-0.4, -0.2) is 44.8 Å². The summed E-state index contributed by atoms with van der Waals surface area (Å²) in [6, 6.07) is 18.6. The molecule has 8 heteroatoms. The SMILES string of the molecule is CCOC(=O)c1cccc(-c2ccccc2-c2nccc(-c3cc4n(n3)CCNC4=O)n2)c1. The summed E-state index contributed by atoms with van der Waals surface area (Å²) in [6.07, 6.45) is 1.68. The molecule has 1 aliphatic heterocycles. The molecule has 1 aliphatic rings. The fraction of sp³-hybridized carbons (Fsp3) is 0.160. The number of hydrogen-bond acceptors (Lipinski definition) is 6. The van der Waals surface area contributed by atoms with Crippen LogP contribution >= 0.6 is 0 Å². The van der Waals surface area contributed by atoms with Crippen LogP contribution in [0.3, 0.4) is 0 Å². The molecule has 4 aromatic rings. The van der Waals surface area contributed by atoms with Gasteiger partial charge in [-0.1, -0.05) is 36.4 Å². The second kappa shape index (κ2) is 8.66. The van der Waals surface area contributed by atoms with Crippen LogP contribution in [0.2, 0.25) is 0 Å². The van der Waals surface area contributed by atoms with Gasteiger partial charge in [-0.15, -0.1) is 0 Å². The number of esters is 1. The number of nitrogens with zero attached hydrogens (tertiary/aromatic N) is 4. The third-order valence-electron chi connectivity index (χ3n) is 5.39. The summed E-state index contributed by atoms with van der Waals surface area (Å²) < 4.78 is 6.84. The molecule has 2 aromatic heterocycles. The molecule has 1 amide bonds. The third kappa shape index (κ3) is 3.98. The molecular weight excluding hydrogens is 418 g/mol. The van der Waals surface area contributed by atoms with Crippen LogP contribution in [0.1, 0.15) is 27.8 Å². The number of ether oxygens (including phenoxy) is 1. The number of aromatic nitrogens is 4. The molecule has 5 rings (SSSR count). The minimum atomic E-state index is -0.358. The molecule has 3 heterocycles. The van der Waals surface area contributed by atoms with Gasteiger partial charge in [-0.05, 0) is 42.3 Å². The number of rotatable bonds is 5. The van der Waals surface area contributed by atoms with Gasteiger partial charge in [-0.2, -0.15) is 5.10 Å². The molecule has 164 valence electrons. The van der Waals surface area contributed by atoms with Crippen LogP contribution < -0.4 is 5.32 Å². The first-order valence-electron chi connectivity index (χ1n) is 10.7. The molecule has 0 atom stereocenters. The predicted molar refractivity (Wildman–Crippen MR) is 122 cm³/mol. The standard InChI is InChI=1S/C25H21N5O3/c1-2-33-25(32)17-7-5-6-16(14-17)18-8-3-4-9-19(18)23-26-11-10-20(28-23)21-15-22-24(31)27-12-13-30(22)29-21/h3-11,14-15H,2,12-13H2,1H3,(H,27,31). The van der Waals surface area contributed by atoms with E-state index in [0.29, 0.717) is 48.2 Å². The highest BCUT2D eigenvalue weighted by Crippen LogP contribution is 2.31. The van der Waals surface area contributed by atoms with E-state index in [1.54, 1.807) is 36.0 Å². The van der Waals surface area contributed by atoms with E-state index in [9.17, 15) is 9.59 Å². The number of amides is 1. The lowest BCUT2D eigenvalue weighted by molar-refractivity contribution is 0.0526. The van der Waals surface area contributed by atoms with E-state index >= 15 is 0 Å². The molecule has 33 heavy (non-hydrogen) atoms. The van der Waals surface area contributed by atoms with Crippen molar-refractivity contribution in [1.82, 2.24) is 25.1 Å². The summed E-state index contributed by atoms with van der Waals surface area (Å²) in [7, 11) is 0. The van der Waals surface area contributed by atoms with Gasteiger partial charge in [0.2, 0.25) is 0 Å². The van der Waals surface area contributed by atoms with Crippen molar-refractivity contribution in [2.24, 2.45) is 0 Å². The lowest BCUT2D eigenvalue weighted by atomic mass is 9.97. The van der Waals surface area contributed by atoms with Crippen LogP contribution in [0.5, 0.6) is 0 Å². The maximum absolute atomic E-state index is 12.2. The quantitative estimate of drug-likeness (QED) is 0.477. The zero-order chi connectivity index (χ0) is 22.8. The molecule has 0 unspecified atom stereocenters. The number of carbonyl (C=O) groups excluding carboxylic acids is 2. The third-order valence-corrected chi connectivity index (χ3v) is 5.39. The van der Waals surface area contributed by atoms with Gasteiger partial charge in [0.15, 0.2) is 5.82 Å². The summed E-state index contributed by atoms with van der Waals surface area (Å²) >= 11 is 0. The normalized spacial score (nSPS) is 12.7. The summed E-state index contributed by atoms with van der Waals surface area (Å²) in [5.74, 6) is 0.0315. The van der Waals surface area contributed by atoms with Crippen LogP contribution in [-0.2, 0) is 11.3 Å². The molecule has 8 nitrogen and oxygen atoms in total. The molecule has 0 saturated carbocycles. The van der Waals surface area contributed by atoms with Gasteiger partial charge in [0.1, 0.15) is 11.4 Å². The lowest BCUT2D eigenvalue weighted by Gasteiger charge is -2.13. The second-order valence-corrected chi connectivity index (χ2v) is 7.51. The summed E-state index contributed by atoms with van der Waals surface area (Å²) in [5.41, 5.74) is 4.83. The smallest absolute Gasteiger partial charge is 0.338 e. The molecule has 0 spiro atoms. The molecule has 2 aromatic carbocycles. The summed E-state index contributed by atoms with van der Waals surface area (Å²) in [4.78, 5) is 33.5. The number of carbonyl (C=O) groups is 2. The van der Waals surface area contributed by atoms with E-state index in [0.717, 1.165) is 16.7 Å². The van der Waals surface area contributed by atoms with Crippen molar-refractivity contribution in [3.63, 3.8) is 0 Å². The Kier molecular flexibility index (Phi) is 5.40. The molecular formula is C25H21N5O3. The van der Waals surface area contributed by atoms with Crippen molar-refractivity contribution in [1.29, 1.82) is 0 Å². The van der Waals surface area contributed by atoms with E-state index in [4.69, 9.17) is 9.72 Å². The Hall–Kier alpha value is -4.33. The second-order valence-electron chi connectivity index (χ2n) is 7.51. The first kappa shape index (κ1) is 20.6. The van der Waals surface area contributed by atoms with Crippen LogP contribution in [0.15, 0.2) is 66.9 Å². The first-order valence-corrected chi connectivity index (χ1v) is 10.7. The molecule has 0 saturated heterocycles. The van der Waals surface area contributed by atoms with Crippen LogP contribution in [0.4, 0.5) is 0 Å². The minimum Gasteiger partial charge on any atom is -0.462 e. The van der Waals surface area contributed by atoms with Crippen molar-refractivity contribution in [2.75, 3.05) is 13.2 Å². The Bertz CT molecular complexity index is 1360. The fourth-order valence-electron chi connectivity index (χ4n) is 3.85. The zero-order valence-electron chi connectivity index (χ0n) is 18.0. The van der Waals surface area contributed by atoms with Crippen LogP contribution in [0, 0.1) is 0 Å². The van der Waals surface area contributed by atoms with Gasteiger partial charge >= 0.3 is 5.97 Å². The van der Waals surface area contributed by atoms with Crippen molar-refractivity contribution in [3.05, 3.63) is 78.1 Å². The Morgan fingerprint density at radius 3 is 2.73 bits per heavy atom. The van der Waals surface area contributed by atoms with Gasteiger partial charge in [0.05, 0.1) is 24.4 Å². The van der Waals surface area contributed by atoms with E-state index in [2.05, 4.69) is 15.4 Å². The van der Waals surface area contributed by atoms with Crippen molar-refractivity contribution < 1.29 is 14.3 Å². The van der Waals surface area contributed by atoms with Gasteiger partial charge in [0, 0.05) is 18.3 Å². The predicted octanol–water partition coefficient (Wildman–Crippen LogP) is 3.59. The molecule has 0 fully saturated rings. The Morgan fingerprint density at radius 1 is 1.06 bits per heavy atom. The van der Waals surface area contributed by atoms with E-state index in [1.165, 1.54) is 0 Å². The van der Waals surface area contributed by atoms with Crippen molar-refractivity contribution in [2.45, 2.75) is 13.5 Å².